The summed E-state index contributed by atoms with van der Waals surface area (Å²) in [4.78, 5) is 12.2. The van der Waals surface area contributed by atoms with Crippen LogP contribution in [0, 0.1) is 6.92 Å². The van der Waals surface area contributed by atoms with Gasteiger partial charge in [0.05, 0.1) is 5.52 Å². The molecule has 0 spiro atoms. The van der Waals surface area contributed by atoms with Gasteiger partial charge in [0.2, 0.25) is 0 Å². The van der Waals surface area contributed by atoms with E-state index < -0.39 is 0 Å². The minimum atomic E-state index is 0.585. The first-order valence-corrected chi connectivity index (χ1v) is 6.81. The van der Waals surface area contributed by atoms with E-state index >= 15 is 0 Å². The molecule has 0 aliphatic rings. The summed E-state index contributed by atoms with van der Waals surface area (Å²) < 4.78 is 1.46. The molecule has 22 heavy (non-hydrogen) atoms. The van der Waals surface area contributed by atoms with Gasteiger partial charge in [-0.25, -0.2) is 9.66 Å². The smallest absolute Gasteiger partial charge is 0.184 e. The highest BCUT2D eigenvalue weighted by molar-refractivity contribution is 5.91. The molecule has 3 heterocycles. The molecule has 108 valence electrons. The average molecular weight is 291 g/mol. The Labute approximate surface area is 125 Å². The zero-order chi connectivity index (χ0) is 15.1. The Kier molecular flexibility index (Phi) is 2.65. The minimum absolute atomic E-state index is 0.585. The molecule has 0 radical (unpaired) electrons. The zero-order valence-electron chi connectivity index (χ0n) is 11.9. The fourth-order valence-electron chi connectivity index (χ4n) is 2.39. The van der Waals surface area contributed by atoms with Gasteiger partial charge in [-0.15, -0.1) is 10.2 Å². The number of nitrogens with zero attached hydrogens (tertiary/aromatic N) is 5. The van der Waals surface area contributed by atoms with Gasteiger partial charge in [0.25, 0.3) is 0 Å². The quantitative estimate of drug-likeness (QED) is 0.550. The molecule has 0 unspecified atom stereocenters. The van der Waals surface area contributed by atoms with E-state index in [0.29, 0.717) is 17.5 Å². The van der Waals surface area contributed by atoms with E-state index in [0.717, 1.165) is 22.3 Å². The van der Waals surface area contributed by atoms with Gasteiger partial charge >= 0.3 is 0 Å². The molecule has 0 aliphatic heterocycles. The van der Waals surface area contributed by atoms with Crippen LogP contribution in [-0.4, -0.2) is 29.8 Å². The highest BCUT2D eigenvalue weighted by Gasteiger charge is 2.15. The molecule has 0 bridgehead atoms. The van der Waals surface area contributed by atoms with E-state index in [1.807, 2.05) is 36.4 Å². The number of aryl methyl sites for hydroxylation is 1. The third-order valence-corrected chi connectivity index (χ3v) is 3.53. The van der Waals surface area contributed by atoms with Crippen LogP contribution in [0.1, 0.15) is 5.82 Å². The van der Waals surface area contributed by atoms with Crippen molar-refractivity contribution in [3.05, 3.63) is 48.4 Å². The Morgan fingerprint density at radius 3 is 2.73 bits per heavy atom. The van der Waals surface area contributed by atoms with Crippen LogP contribution in [0.5, 0.6) is 0 Å². The first-order valence-electron chi connectivity index (χ1n) is 6.81. The maximum atomic E-state index is 5.98. The highest BCUT2D eigenvalue weighted by atomic mass is 15.4. The predicted molar refractivity (Wildman–Crippen MR) is 83.2 cm³/mol. The van der Waals surface area contributed by atoms with Crippen LogP contribution >= 0.6 is 0 Å². The van der Waals surface area contributed by atoms with Crippen molar-refractivity contribution < 1.29 is 0 Å². The lowest BCUT2D eigenvalue weighted by Gasteiger charge is -2.02. The topological polar surface area (TPSA) is 98.3 Å². The van der Waals surface area contributed by atoms with Crippen LogP contribution < -0.4 is 5.84 Å². The minimum Gasteiger partial charge on any atom is -0.337 e. The van der Waals surface area contributed by atoms with Gasteiger partial charge in [0.15, 0.2) is 11.6 Å². The number of pyridine rings is 1. The van der Waals surface area contributed by atoms with Crippen LogP contribution in [-0.2, 0) is 0 Å². The molecule has 0 fully saturated rings. The fourth-order valence-corrected chi connectivity index (χ4v) is 2.39. The number of nitrogen functional groups attached to an aromatic ring is 1. The third-order valence-electron chi connectivity index (χ3n) is 3.53. The summed E-state index contributed by atoms with van der Waals surface area (Å²) in [6, 6.07) is 11.5. The second-order valence-corrected chi connectivity index (χ2v) is 4.94. The molecule has 0 amide bonds. The number of imidazole rings is 1. The summed E-state index contributed by atoms with van der Waals surface area (Å²) in [6.07, 6.45) is 1.74. The van der Waals surface area contributed by atoms with E-state index in [2.05, 4.69) is 25.1 Å². The van der Waals surface area contributed by atoms with E-state index in [4.69, 9.17) is 5.84 Å². The SMILES string of the molecule is Cc1nnc(-c2cccc3[nH]c(-c4ccccn4)nc23)n1N. The van der Waals surface area contributed by atoms with Crippen molar-refractivity contribution in [3.8, 4) is 22.9 Å². The van der Waals surface area contributed by atoms with E-state index in [9.17, 15) is 0 Å². The van der Waals surface area contributed by atoms with Crippen LogP contribution in [0.3, 0.4) is 0 Å². The second-order valence-electron chi connectivity index (χ2n) is 4.94. The molecule has 7 nitrogen and oxygen atoms in total. The van der Waals surface area contributed by atoms with Crippen LogP contribution in [0.4, 0.5) is 0 Å². The number of aromatic amines is 1. The number of nitrogens with one attached hydrogen (secondary N) is 1. The number of benzene rings is 1. The molecule has 1 aromatic carbocycles. The Hall–Kier alpha value is -3.22. The van der Waals surface area contributed by atoms with Gasteiger partial charge in [-0.3, -0.25) is 4.98 Å². The molecule has 7 heteroatoms. The number of hydrogen-bond donors (Lipinski definition) is 2. The summed E-state index contributed by atoms with van der Waals surface area (Å²) in [5.41, 5.74) is 3.31. The maximum Gasteiger partial charge on any atom is 0.184 e. The Morgan fingerprint density at radius 1 is 1.09 bits per heavy atom. The molecule has 4 aromatic rings. The highest BCUT2D eigenvalue weighted by Crippen LogP contribution is 2.27. The Bertz CT molecular complexity index is 953. The first kappa shape index (κ1) is 12.5. The van der Waals surface area contributed by atoms with E-state index in [1.165, 1.54) is 4.68 Å². The number of para-hydroxylation sites is 1. The number of fused-ring (bicyclic) bond motifs is 1. The summed E-state index contributed by atoms with van der Waals surface area (Å²) in [5, 5.41) is 8.14. The van der Waals surface area contributed by atoms with Crippen molar-refractivity contribution >= 4 is 11.0 Å². The molecule has 3 N–H and O–H groups in total. The van der Waals surface area contributed by atoms with Crippen LogP contribution in [0.15, 0.2) is 42.6 Å². The summed E-state index contributed by atoms with van der Waals surface area (Å²) in [7, 11) is 0. The molecular weight excluding hydrogens is 278 g/mol. The van der Waals surface area contributed by atoms with Gasteiger partial charge in [-0.05, 0) is 31.2 Å². The van der Waals surface area contributed by atoms with Crippen molar-refractivity contribution in [1.29, 1.82) is 0 Å². The molecule has 4 rings (SSSR count). The van der Waals surface area contributed by atoms with Crippen molar-refractivity contribution in [2.24, 2.45) is 0 Å². The molecule has 3 aromatic heterocycles. The van der Waals surface area contributed by atoms with Gasteiger partial charge < -0.3 is 10.8 Å². The van der Waals surface area contributed by atoms with E-state index in [-0.39, 0.29) is 0 Å². The lowest BCUT2D eigenvalue weighted by Crippen LogP contribution is -2.12. The lowest BCUT2D eigenvalue weighted by atomic mass is 10.2. The number of rotatable bonds is 2. The van der Waals surface area contributed by atoms with Crippen molar-refractivity contribution in [3.63, 3.8) is 0 Å². The van der Waals surface area contributed by atoms with Crippen LogP contribution in [0.2, 0.25) is 0 Å². The largest absolute Gasteiger partial charge is 0.337 e. The van der Waals surface area contributed by atoms with Crippen molar-refractivity contribution in [2.45, 2.75) is 6.92 Å². The molecule has 0 aliphatic carbocycles. The van der Waals surface area contributed by atoms with Gasteiger partial charge in [-0.1, -0.05) is 12.1 Å². The standard InChI is InChI=1S/C15H13N7/c1-9-20-21-15(22(9)16)10-5-4-7-11-13(10)19-14(18-11)12-6-2-3-8-17-12/h2-8H,16H2,1H3,(H,18,19). The summed E-state index contributed by atoms with van der Waals surface area (Å²) in [5.74, 6) is 7.93. The normalized spacial score (nSPS) is 11.1. The van der Waals surface area contributed by atoms with Gasteiger partial charge in [-0.2, -0.15) is 0 Å². The third kappa shape index (κ3) is 1.83. The van der Waals surface area contributed by atoms with Crippen molar-refractivity contribution in [1.82, 2.24) is 29.8 Å². The number of H-pyrrole nitrogens is 1. The molecular formula is C15H13N7. The van der Waals surface area contributed by atoms with Crippen LogP contribution in [0.25, 0.3) is 33.9 Å². The lowest BCUT2D eigenvalue weighted by molar-refractivity contribution is 0.932. The van der Waals surface area contributed by atoms with E-state index in [1.54, 1.807) is 13.1 Å². The number of nitrogens with two attached hydrogens (primary N) is 1. The molecule has 0 saturated carbocycles. The van der Waals surface area contributed by atoms with Gasteiger partial charge in [0.1, 0.15) is 17.0 Å². The molecule has 0 saturated heterocycles. The predicted octanol–water partition coefficient (Wildman–Crippen LogP) is 1.91. The number of aromatic nitrogens is 6. The first-order chi connectivity index (χ1) is 10.7. The Morgan fingerprint density at radius 2 is 2.00 bits per heavy atom. The maximum absolute atomic E-state index is 5.98. The summed E-state index contributed by atoms with van der Waals surface area (Å²) >= 11 is 0. The van der Waals surface area contributed by atoms with Crippen molar-refractivity contribution in [2.75, 3.05) is 5.84 Å². The number of hydrogen-bond acceptors (Lipinski definition) is 5. The Balaban J connectivity index is 1.94. The monoisotopic (exact) mass is 291 g/mol. The average Bonchev–Trinajstić information content (AvgIpc) is 3.13. The summed E-state index contributed by atoms with van der Waals surface area (Å²) in [6.45, 7) is 1.81. The van der Waals surface area contributed by atoms with Gasteiger partial charge in [0, 0.05) is 11.8 Å². The zero-order valence-corrected chi connectivity index (χ0v) is 11.9. The molecule has 0 atom stereocenters. The second kappa shape index (κ2) is 4.66. The fraction of sp³-hybridized carbons (Fsp3) is 0.0667.